The minimum Gasteiger partial charge on any atom is -0.298 e. The van der Waals surface area contributed by atoms with Gasteiger partial charge in [-0.15, -0.1) is 0 Å². The molecule has 1 nitrogen and oxygen atoms in total. The molecule has 1 aromatic rings. The number of hydrogen-bond donors (Lipinski definition) is 0. The molecular weight excluding hydrogens is 220 g/mol. The van der Waals surface area contributed by atoms with Crippen LogP contribution < -0.4 is 0 Å². The lowest BCUT2D eigenvalue weighted by Crippen LogP contribution is -1.92. The third-order valence-electron chi connectivity index (χ3n) is 3.10. The van der Waals surface area contributed by atoms with E-state index in [0.29, 0.717) is 0 Å². The molecule has 0 fully saturated rings. The minimum absolute atomic E-state index is 0.741. The molecular formula is C14H15ClO. The van der Waals surface area contributed by atoms with Gasteiger partial charge < -0.3 is 0 Å². The Balaban J connectivity index is 2.38. The van der Waals surface area contributed by atoms with E-state index in [0.717, 1.165) is 41.7 Å². The normalized spacial score (nSPS) is 17.1. The van der Waals surface area contributed by atoms with Crippen LogP contribution >= 0.6 is 11.6 Å². The van der Waals surface area contributed by atoms with Gasteiger partial charge in [0.05, 0.1) is 0 Å². The maximum absolute atomic E-state index is 11.1. The van der Waals surface area contributed by atoms with Gasteiger partial charge in [0.1, 0.15) is 6.29 Å². The van der Waals surface area contributed by atoms with Crippen molar-refractivity contribution in [3.8, 4) is 0 Å². The third-order valence-corrected chi connectivity index (χ3v) is 3.35. The van der Waals surface area contributed by atoms with Gasteiger partial charge >= 0.3 is 0 Å². The Labute approximate surface area is 101 Å². The van der Waals surface area contributed by atoms with E-state index in [-0.39, 0.29) is 0 Å². The van der Waals surface area contributed by atoms with E-state index in [2.05, 4.69) is 0 Å². The molecule has 1 aliphatic carbocycles. The number of benzene rings is 1. The fourth-order valence-electron chi connectivity index (χ4n) is 2.22. The second kappa shape index (κ2) is 5.31. The smallest absolute Gasteiger partial charge is 0.146 e. The molecule has 16 heavy (non-hydrogen) atoms. The lowest BCUT2D eigenvalue weighted by molar-refractivity contribution is -0.105. The van der Waals surface area contributed by atoms with Crippen molar-refractivity contribution in [2.45, 2.75) is 32.1 Å². The average molecular weight is 235 g/mol. The fourth-order valence-corrected chi connectivity index (χ4v) is 2.34. The first kappa shape index (κ1) is 11.4. The van der Waals surface area contributed by atoms with Crippen LogP contribution in [0, 0.1) is 0 Å². The molecule has 0 amide bonds. The van der Waals surface area contributed by atoms with Gasteiger partial charge in [-0.3, -0.25) is 4.79 Å². The van der Waals surface area contributed by atoms with E-state index in [1.54, 1.807) is 0 Å². The van der Waals surface area contributed by atoms with Crippen LogP contribution in [0.4, 0.5) is 0 Å². The van der Waals surface area contributed by atoms with Crippen LogP contribution in [-0.2, 0) is 4.79 Å². The van der Waals surface area contributed by atoms with E-state index in [1.807, 2.05) is 24.3 Å². The third kappa shape index (κ3) is 2.53. The topological polar surface area (TPSA) is 17.1 Å². The zero-order valence-corrected chi connectivity index (χ0v) is 9.96. The van der Waals surface area contributed by atoms with Gasteiger partial charge in [-0.1, -0.05) is 30.2 Å². The van der Waals surface area contributed by atoms with Crippen molar-refractivity contribution in [2.75, 3.05) is 0 Å². The molecule has 1 aromatic carbocycles. The van der Waals surface area contributed by atoms with Gasteiger partial charge in [0.2, 0.25) is 0 Å². The molecule has 0 heterocycles. The van der Waals surface area contributed by atoms with Crippen LogP contribution in [0.25, 0.3) is 5.57 Å². The summed E-state index contributed by atoms with van der Waals surface area (Å²) in [5.41, 5.74) is 3.33. The second-order valence-corrected chi connectivity index (χ2v) is 4.63. The number of carbonyl (C=O) groups excluding carboxylic acids is 1. The number of allylic oxidation sites excluding steroid dienone is 2. The zero-order chi connectivity index (χ0) is 11.4. The summed E-state index contributed by atoms with van der Waals surface area (Å²) in [6.45, 7) is 0. The molecule has 0 atom stereocenters. The molecule has 0 bridgehead atoms. The van der Waals surface area contributed by atoms with Crippen molar-refractivity contribution in [1.82, 2.24) is 0 Å². The molecule has 2 rings (SSSR count). The Morgan fingerprint density at radius 3 is 2.38 bits per heavy atom. The minimum atomic E-state index is 0.741. The highest BCUT2D eigenvalue weighted by atomic mass is 35.5. The van der Waals surface area contributed by atoms with Gasteiger partial charge in [0, 0.05) is 5.02 Å². The van der Waals surface area contributed by atoms with Gasteiger partial charge in [0.25, 0.3) is 0 Å². The number of carbonyl (C=O) groups is 1. The summed E-state index contributed by atoms with van der Waals surface area (Å²) >= 11 is 5.87. The standard InChI is InChI=1S/C14H15ClO/c15-13-8-6-11(7-9-13)14-5-3-1-2-4-12(14)10-16/h6-10H,1-5H2. The van der Waals surface area contributed by atoms with Gasteiger partial charge in [-0.2, -0.15) is 0 Å². The van der Waals surface area contributed by atoms with Crippen LogP contribution in [0.2, 0.25) is 5.02 Å². The molecule has 0 saturated carbocycles. The summed E-state index contributed by atoms with van der Waals surface area (Å²) in [6, 6.07) is 7.79. The molecule has 0 unspecified atom stereocenters. The Kier molecular flexibility index (Phi) is 3.79. The van der Waals surface area contributed by atoms with Crippen LogP contribution in [0.3, 0.4) is 0 Å². The van der Waals surface area contributed by atoms with Gasteiger partial charge in [-0.25, -0.2) is 0 Å². The predicted molar refractivity (Wildman–Crippen MR) is 67.5 cm³/mol. The highest BCUT2D eigenvalue weighted by Gasteiger charge is 2.12. The molecule has 84 valence electrons. The summed E-state index contributed by atoms with van der Waals surface area (Å²) in [5, 5.41) is 0.741. The lowest BCUT2D eigenvalue weighted by atomic mass is 9.97. The van der Waals surface area contributed by atoms with E-state index < -0.39 is 0 Å². The molecule has 0 N–H and O–H groups in total. The first-order chi connectivity index (χ1) is 7.81. The van der Waals surface area contributed by atoms with Crippen LogP contribution in [-0.4, -0.2) is 6.29 Å². The molecule has 0 aromatic heterocycles. The summed E-state index contributed by atoms with van der Waals surface area (Å²) in [4.78, 5) is 11.1. The summed E-state index contributed by atoms with van der Waals surface area (Å²) in [7, 11) is 0. The Hall–Kier alpha value is -1.08. The quantitative estimate of drug-likeness (QED) is 0.699. The Morgan fingerprint density at radius 1 is 1.00 bits per heavy atom. The SMILES string of the molecule is O=CC1=C(c2ccc(Cl)cc2)CCCCC1. The summed E-state index contributed by atoms with van der Waals surface area (Å²) in [6.07, 6.45) is 6.47. The van der Waals surface area contributed by atoms with Gasteiger partial charge in [-0.05, 0) is 54.5 Å². The number of rotatable bonds is 2. The van der Waals surface area contributed by atoms with Crippen LogP contribution in [0.15, 0.2) is 29.8 Å². The van der Waals surface area contributed by atoms with Crippen LogP contribution in [0.5, 0.6) is 0 Å². The largest absolute Gasteiger partial charge is 0.298 e. The van der Waals surface area contributed by atoms with Gasteiger partial charge in [0.15, 0.2) is 0 Å². The lowest BCUT2D eigenvalue weighted by Gasteiger charge is -2.08. The van der Waals surface area contributed by atoms with E-state index >= 15 is 0 Å². The maximum atomic E-state index is 11.1. The van der Waals surface area contributed by atoms with Crippen molar-refractivity contribution in [3.63, 3.8) is 0 Å². The summed E-state index contributed by atoms with van der Waals surface area (Å²) in [5.74, 6) is 0. The fraction of sp³-hybridized carbons (Fsp3) is 0.357. The monoisotopic (exact) mass is 234 g/mol. The Bertz CT molecular complexity index is 403. The van der Waals surface area contributed by atoms with Crippen molar-refractivity contribution < 1.29 is 4.79 Å². The zero-order valence-electron chi connectivity index (χ0n) is 9.21. The molecule has 0 radical (unpaired) electrons. The highest BCUT2D eigenvalue weighted by molar-refractivity contribution is 6.30. The maximum Gasteiger partial charge on any atom is 0.146 e. The highest BCUT2D eigenvalue weighted by Crippen LogP contribution is 2.30. The molecule has 0 spiro atoms. The predicted octanol–water partition coefficient (Wildman–Crippen LogP) is 4.26. The van der Waals surface area contributed by atoms with Crippen molar-refractivity contribution in [2.24, 2.45) is 0 Å². The van der Waals surface area contributed by atoms with Crippen molar-refractivity contribution in [3.05, 3.63) is 40.4 Å². The molecule has 0 aliphatic heterocycles. The summed E-state index contributed by atoms with van der Waals surface area (Å²) < 4.78 is 0. The van der Waals surface area contributed by atoms with E-state index in [4.69, 9.17) is 11.6 Å². The van der Waals surface area contributed by atoms with E-state index in [1.165, 1.54) is 18.4 Å². The van der Waals surface area contributed by atoms with Crippen molar-refractivity contribution in [1.29, 1.82) is 0 Å². The first-order valence-electron chi connectivity index (χ1n) is 5.74. The molecule has 2 heteroatoms. The van der Waals surface area contributed by atoms with E-state index in [9.17, 15) is 4.79 Å². The van der Waals surface area contributed by atoms with Crippen molar-refractivity contribution >= 4 is 23.5 Å². The van der Waals surface area contributed by atoms with Crippen LogP contribution in [0.1, 0.15) is 37.7 Å². The first-order valence-corrected chi connectivity index (χ1v) is 6.12. The number of aldehydes is 1. The second-order valence-electron chi connectivity index (χ2n) is 4.19. The molecule has 1 aliphatic rings. The number of halogens is 1. The molecule has 0 saturated heterocycles. The Morgan fingerprint density at radius 2 is 1.69 bits per heavy atom. The average Bonchev–Trinajstić information content (AvgIpc) is 2.55. The number of hydrogen-bond acceptors (Lipinski definition) is 1.